The third-order valence-corrected chi connectivity index (χ3v) is 3.01. The summed E-state index contributed by atoms with van der Waals surface area (Å²) < 4.78 is 6.93. The fourth-order valence-electron chi connectivity index (χ4n) is 1.50. The summed E-state index contributed by atoms with van der Waals surface area (Å²) in [5.41, 5.74) is 6.97. The maximum atomic E-state index is 5.85. The monoisotopic (exact) mass is 285 g/mol. The van der Waals surface area contributed by atoms with Gasteiger partial charge in [0.15, 0.2) is 0 Å². The van der Waals surface area contributed by atoms with Gasteiger partial charge in [-0.15, -0.1) is 0 Å². The summed E-state index contributed by atoms with van der Waals surface area (Å²) >= 11 is 3.45. The molecule has 90 valence electrons. The van der Waals surface area contributed by atoms with Gasteiger partial charge in [-0.1, -0.05) is 48.8 Å². The molecule has 0 amide bonds. The van der Waals surface area contributed by atoms with E-state index in [4.69, 9.17) is 10.5 Å². The van der Waals surface area contributed by atoms with E-state index < -0.39 is 0 Å². The van der Waals surface area contributed by atoms with E-state index >= 15 is 0 Å². The molecule has 1 unspecified atom stereocenters. The van der Waals surface area contributed by atoms with E-state index in [-0.39, 0.29) is 11.5 Å². The molecule has 0 heterocycles. The predicted molar refractivity (Wildman–Crippen MR) is 71.2 cm³/mol. The van der Waals surface area contributed by atoms with Gasteiger partial charge in [0.1, 0.15) is 0 Å². The Morgan fingerprint density at radius 1 is 1.38 bits per heavy atom. The summed E-state index contributed by atoms with van der Waals surface area (Å²) in [7, 11) is 0. The topological polar surface area (TPSA) is 35.2 Å². The molecule has 0 saturated heterocycles. The van der Waals surface area contributed by atoms with Crippen LogP contribution in [0.1, 0.15) is 26.3 Å². The van der Waals surface area contributed by atoms with Crippen LogP contribution in [0.3, 0.4) is 0 Å². The van der Waals surface area contributed by atoms with Crippen LogP contribution in [0.2, 0.25) is 0 Å². The summed E-state index contributed by atoms with van der Waals surface area (Å²) in [5.74, 6) is 0. The van der Waals surface area contributed by atoms with Crippen molar-refractivity contribution in [1.29, 1.82) is 0 Å². The SMILES string of the molecule is CC(C)(C)C(CN)OCc1cccc(Br)c1. The highest BCUT2D eigenvalue weighted by Gasteiger charge is 2.23. The van der Waals surface area contributed by atoms with Crippen molar-refractivity contribution in [3.63, 3.8) is 0 Å². The normalized spacial score (nSPS) is 13.8. The van der Waals surface area contributed by atoms with Crippen LogP contribution in [0.15, 0.2) is 28.7 Å². The Bertz CT molecular complexity index is 333. The molecule has 0 saturated carbocycles. The molecule has 3 heteroatoms. The Hall–Kier alpha value is -0.380. The lowest BCUT2D eigenvalue weighted by Gasteiger charge is -2.29. The Labute approximate surface area is 106 Å². The van der Waals surface area contributed by atoms with Gasteiger partial charge in [0.25, 0.3) is 0 Å². The zero-order chi connectivity index (χ0) is 12.2. The van der Waals surface area contributed by atoms with Gasteiger partial charge in [0.2, 0.25) is 0 Å². The molecule has 1 atom stereocenters. The second kappa shape index (κ2) is 5.80. The van der Waals surface area contributed by atoms with Crippen molar-refractivity contribution < 1.29 is 4.74 Å². The second-order valence-corrected chi connectivity index (χ2v) is 5.95. The Balaban J connectivity index is 2.56. The van der Waals surface area contributed by atoms with Gasteiger partial charge < -0.3 is 10.5 Å². The maximum absolute atomic E-state index is 5.85. The first-order valence-electron chi connectivity index (χ1n) is 5.49. The van der Waals surface area contributed by atoms with Crippen molar-refractivity contribution in [3.8, 4) is 0 Å². The molecule has 2 N–H and O–H groups in total. The van der Waals surface area contributed by atoms with Gasteiger partial charge >= 0.3 is 0 Å². The summed E-state index contributed by atoms with van der Waals surface area (Å²) in [6, 6.07) is 8.14. The average Bonchev–Trinajstić information content (AvgIpc) is 2.16. The highest BCUT2D eigenvalue weighted by Crippen LogP contribution is 2.23. The van der Waals surface area contributed by atoms with Crippen LogP contribution in [-0.4, -0.2) is 12.6 Å². The zero-order valence-corrected chi connectivity index (χ0v) is 11.8. The van der Waals surface area contributed by atoms with E-state index in [1.54, 1.807) is 0 Å². The molecule has 0 aliphatic rings. The molecule has 0 aromatic heterocycles. The molecule has 16 heavy (non-hydrogen) atoms. The van der Waals surface area contributed by atoms with Gasteiger partial charge in [0, 0.05) is 11.0 Å². The molecular weight excluding hydrogens is 266 g/mol. The molecular formula is C13H20BrNO. The highest BCUT2D eigenvalue weighted by atomic mass is 79.9. The number of hydrogen-bond acceptors (Lipinski definition) is 2. The van der Waals surface area contributed by atoms with Crippen molar-refractivity contribution in [2.75, 3.05) is 6.54 Å². The third kappa shape index (κ3) is 4.24. The standard InChI is InChI=1S/C13H20BrNO/c1-13(2,3)12(8-15)16-9-10-5-4-6-11(14)7-10/h4-7,12H,8-9,15H2,1-3H3. The quantitative estimate of drug-likeness (QED) is 0.921. The number of ether oxygens (including phenoxy) is 1. The number of benzene rings is 1. The summed E-state index contributed by atoms with van der Waals surface area (Å²) in [5, 5.41) is 0. The average molecular weight is 286 g/mol. The van der Waals surface area contributed by atoms with Gasteiger partial charge in [-0.25, -0.2) is 0 Å². The largest absolute Gasteiger partial charge is 0.372 e. The second-order valence-electron chi connectivity index (χ2n) is 5.03. The smallest absolute Gasteiger partial charge is 0.0749 e. The van der Waals surface area contributed by atoms with E-state index in [1.807, 2.05) is 12.1 Å². The molecule has 1 aromatic carbocycles. The molecule has 0 radical (unpaired) electrons. The Kier molecular flexibility index (Phi) is 4.96. The molecule has 0 aliphatic heterocycles. The predicted octanol–water partition coefficient (Wildman–Crippen LogP) is 3.34. The van der Waals surface area contributed by atoms with Crippen molar-refractivity contribution in [3.05, 3.63) is 34.3 Å². The summed E-state index contributed by atoms with van der Waals surface area (Å²) in [6.07, 6.45) is 0.0893. The molecule has 0 bridgehead atoms. The van der Waals surface area contributed by atoms with Crippen molar-refractivity contribution >= 4 is 15.9 Å². The molecule has 1 aromatic rings. The molecule has 0 spiro atoms. The first-order chi connectivity index (χ1) is 7.43. The number of nitrogens with two attached hydrogens (primary N) is 1. The van der Waals surface area contributed by atoms with Crippen LogP contribution in [-0.2, 0) is 11.3 Å². The molecule has 1 rings (SSSR count). The first kappa shape index (κ1) is 13.7. The minimum atomic E-state index is 0.0841. The van der Waals surface area contributed by atoms with Crippen LogP contribution in [0.5, 0.6) is 0 Å². The van der Waals surface area contributed by atoms with Gasteiger partial charge in [-0.05, 0) is 23.1 Å². The molecule has 2 nitrogen and oxygen atoms in total. The van der Waals surface area contributed by atoms with Crippen LogP contribution in [0, 0.1) is 5.41 Å². The Morgan fingerprint density at radius 2 is 2.06 bits per heavy atom. The van der Waals surface area contributed by atoms with Crippen LogP contribution in [0.4, 0.5) is 0 Å². The summed E-state index contributed by atoms with van der Waals surface area (Å²) in [4.78, 5) is 0. The number of rotatable bonds is 4. The van der Waals surface area contributed by atoms with Gasteiger partial charge in [-0.2, -0.15) is 0 Å². The first-order valence-corrected chi connectivity index (χ1v) is 6.29. The van der Waals surface area contributed by atoms with Crippen molar-refractivity contribution in [2.24, 2.45) is 11.1 Å². The highest BCUT2D eigenvalue weighted by molar-refractivity contribution is 9.10. The van der Waals surface area contributed by atoms with Crippen LogP contribution < -0.4 is 5.73 Å². The van der Waals surface area contributed by atoms with E-state index in [1.165, 1.54) is 0 Å². The van der Waals surface area contributed by atoms with E-state index in [0.717, 1.165) is 10.0 Å². The number of halogens is 1. The lowest BCUT2D eigenvalue weighted by Crippen LogP contribution is -2.36. The maximum Gasteiger partial charge on any atom is 0.0749 e. The van der Waals surface area contributed by atoms with Crippen LogP contribution >= 0.6 is 15.9 Å². The zero-order valence-electron chi connectivity index (χ0n) is 10.2. The van der Waals surface area contributed by atoms with Crippen molar-refractivity contribution in [2.45, 2.75) is 33.5 Å². The van der Waals surface area contributed by atoms with Crippen LogP contribution in [0.25, 0.3) is 0 Å². The minimum Gasteiger partial charge on any atom is -0.372 e. The van der Waals surface area contributed by atoms with E-state index in [2.05, 4.69) is 48.8 Å². The van der Waals surface area contributed by atoms with Crippen molar-refractivity contribution in [1.82, 2.24) is 0 Å². The van der Waals surface area contributed by atoms with Gasteiger partial charge in [-0.3, -0.25) is 0 Å². The fraction of sp³-hybridized carbons (Fsp3) is 0.538. The minimum absolute atomic E-state index is 0.0841. The Morgan fingerprint density at radius 3 is 2.56 bits per heavy atom. The van der Waals surface area contributed by atoms with E-state index in [9.17, 15) is 0 Å². The summed E-state index contributed by atoms with van der Waals surface area (Å²) in [6.45, 7) is 7.60. The van der Waals surface area contributed by atoms with E-state index in [0.29, 0.717) is 13.2 Å². The molecule has 0 fully saturated rings. The fourth-order valence-corrected chi connectivity index (χ4v) is 1.94. The third-order valence-electron chi connectivity index (χ3n) is 2.52. The van der Waals surface area contributed by atoms with Gasteiger partial charge in [0.05, 0.1) is 12.7 Å². The lowest BCUT2D eigenvalue weighted by molar-refractivity contribution is -0.0216. The lowest BCUT2D eigenvalue weighted by atomic mass is 9.89. The molecule has 0 aliphatic carbocycles. The number of hydrogen-bond donors (Lipinski definition) is 1.